The fraction of sp³-hybridized carbons (Fsp3) is 0.500. The highest BCUT2D eigenvalue weighted by Crippen LogP contribution is 2.35. The van der Waals surface area contributed by atoms with Crippen molar-refractivity contribution in [2.24, 2.45) is 0 Å². The first-order chi connectivity index (χ1) is 14.2. The second-order valence-corrected chi connectivity index (χ2v) is 8.84. The average molecular weight is 411 g/mol. The van der Waals surface area contributed by atoms with Crippen LogP contribution in [-0.2, 0) is 27.0 Å². The minimum atomic E-state index is -0.211. The van der Waals surface area contributed by atoms with Crippen molar-refractivity contribution in [1.29, 1.82) is 0 Å². The Morgan fingerprint density at radius 1 is 1.20 bits per heavy atom. The summed E-state index contributed by atoms with van der Waals surface area (Å²) >= 11 is 0. The smallest absolute Gasteiger partial charge is 0.246 e. The van der Waals surface area contributed by atoms with Crippen molar-refractivity contribution in [2.45, 2.75) is 51.0 Å². The highest BCUT2D eigenvalue weighted by atomic mass is 16.2. The molecule has 160 valence electrons. The molecule has 1 fully saturated rings. The SMILES string of the molecule is C=CC(=O)NCC1(c2ccccc2)CCN(C(=O)Cn2nnc(C(C)(C)C)n2)CC1. The van der Waals surface area contributed by atoms with E-state index in [0.717, 1.165) is 12.8 Å². The van der Waals surface area contributed by atoms with Gasteiger partial charge < -0.3 is 10.2 Å². The number of carbonyl (C=O) groups is 2. The Bertz CT molecular complexity index is 892. The molecule has 1 saturated heterocycles. The molecule has 1 aromatic carbocycles. The van der Waals surface area contributed by atoms with Gasteiger partial charge in [0.05, 0.1) is 0 Å². The third kappa shape index (κ3) is 4.93. The maximum absolute atomic E-state index is 12.8. The van der Waals surface area contributed by atoms with Crippen molar-refractivity contribution in [3.63, 3.8) is 0 Å². The number of hydrogen-bond acceptors (Lipinski definition) is 5. The number of amides is 2. The summed E-state index contributed by atoms with van der Waals surface area (Å²) in [6.07, 6.45) is 2.81. The lowest BCUT2D eigenvalue weighted by atomic mass is 9.72. The van der Waals surface area contributed by atoms with Crippen LogP contribution >= 0.6 is 0 Å². The molecular formula is C22H30N6O2. The maximum Gasteiger partial charge on any atom is 0.246 e. The molecule has 0 atom stereocenters. The van der Waals surface area contributed by atoms with Gasteiger partial charge in [0, 0.05) is 30.5 Å². The Hall–Kier alpha value is -3.03. The second kappa shape index (κ2) is 8.77. The quantitative estimate of drug-likeness (QED) is 0.734. The molecule has 30 heavy (non-hydrogen) atoms. The topological polar surface area (TPSA) is 93.0 Å². The molecule has 0 bridgehead atoms. The van der Waals surface area contributed by atoms with E-state index in [4.69, 9.17) is 0 Å². The monoisotopic (exact) mass is 410 g/mol. The van der Waals surface area contributed by atoms with Gasteiger partial charge in [-0.25, -0.2) is 0 Å². The lowest BCUT2D eigenvalue weighted by Crippen LogP contribution is -2.50. The summed E-state index contributed by atoms with van der Waals surface area (Å²) in [6, 6.07) is 10.2. The van der Waals surface area contributed by atoms with Crippen LogP contribution in [0.5, 0.6) is 0 Å². The van der Waals surface area contributed by atoms with Gasteiger partial charge in [0.1, 0.15) is 6.54 Å². The van der Waals surface area contributed by atoms with Crippen LogP contribution in [0.25, 0.3) is 0 Å². The lowest BCUT2D eigenvalue weighted by molar-refractivity contribution is -0.134. The number of tetrazole rings is 1. The van der Waals surface area contributed by atoms with E-state index in [-0.39, 0.29) is 29.2 Å². The van der Waals surface area contributed by atoms with Crippen LogP contribution in [0.1, 0.15) is 45.0 Å². The Balaban J connectivity index is 1.66. The van der Waals surface area contributed by atoms with Crippen LogP contribution in [0, 0.1) is 0 Å². The Morgan fingerprint density at radius 3 is 2.43 bits per heavy atom. The number of hydrogen-bond donors (Lipinski definition) is 1. The fourth-order valence-electron chi connectivity index (χ4n) is 3.70. The van der Waals surface area contributed by atoms with Crippen molar-refractivity contribution in [3.05, 3.63) is 54.4 Å². The first-order valence-electron chi connectivity index (χ1n) is 10.3. The van der Waals surface area contributed by atoms with Gasteiger partial charge in [0.2, 0.25) is 11.8 Å². The minimum Gasteiger partial charge on any atom is -0.352 e. The van der Waals surface area contributed by atoms with Gasteiger partial charge in [0.25, 0.3) is 0 Å². The number of likely N-dealkylation sites (tertiary alicyclic amines) is 1. The predicted octanol–water partition coefficient (Wildman–Crippen LogP) is 1.83. The van der Waals surface area contributed by atoms with Crippen molar-refractivity contribution in [1.82, 2.24) is 30.4 Å². The van der Waals surface area contributed by atoms with Crippen LogP contribution in [0.2, 0.25) is 0 Å². The average Bonchev–Trinajstić information content (AvgIpc) is 3.22. The van der Waals surface area contributed by atoms with Gasteiger partial charge in [-0.15, -0.1) is 10.2 Å². The molecule has 1 N–H and O–H groups in total. The van der Waals surface area contributed by atoms with Crippen molar-refractivity contribution >= 4 is 11.8 Å². The van der Waals surface area contributed by atoms with Crippen molar-refractivity contribution in [2.75, 3.05) is 19.6 Å². The number of nitrogens with zero attached hydrogens (tertiary/aromatic N) is 5. The van der Waals surface area contributed by atoms with E-state index >= 15 is 0 Å². The van der Waals surface area contributed by atoms with Gasteiger partial charge in [-0.2, -0.15) is 4.80 Å². The highest BCUT2D eigenvalue weighted by molar-refractivity contribution is 5.86. The molecule has 1 aliphatic heterocycles. The van der Waals surface area contributed by atoms with E-state index in [2.05, 4.69) is 39.4 Å². The van der Waals surface area contributed by atoms with E-state index in [1.54, 1.807) is 0 Å². The third-order valence-electron chi connectivity index (χ3n) is 5.65. The molecule has 0 radical (unpaired) electrons. The molecule has 8 heteroatoms. The summed E-state index contributed by atoms with van der Waals surface area (Å²) in [7, 11) is 0. The van der Waals surface area contributed by atoms with Crippen molar-refractivity contribution in [3.8, 4) is 0 Å². The van der Waals surface area contributed by atoms with Crippen LogP contribution in [0.3, 0.4) is 0 Å². The van der Waals surface area contributed by atoms with E-state index in [9.17, 15) is 9.59 Å². The summed E-state index contributed by atoms with van der Waals surface area (Å²) in [5.41, 5.74) is 0.758. The highest BCUT2D eigenvalue weighted by Gasteiger charge is 2.37. The number of benzene rings is 1. The molecule has 2 amide bonds. The van der Waals surface area contributed by atoms with E-state index in [1.807, 2.05) is 43.9 Å². The molecule has 0 spiro atoms. The van der Waals surface area contributed by atoms with E-state index < -0.39 is 0 Å². The molecular weight excluding hydrogens is 380 g/mol. The summed E-state index contributed by atoms with van der Waals surface area (Å²) in [5, 5.41) is 15.4. The molecule has 1 aliphatic rings. The molecule has 0 saturated carbocycles. The predicted molar refractivity (Wildman–Crippen MR) is 114 cm³/mol. The Morgan fingerprint density at radius 2 is 1.87 bits per heavy atom. The molecule has 1 aromatic heterocycles. The first kappa shape index (κ1) is 21.7. The van der Waals surface area contributed by atoms with Gasteiger partial charge >= 0.3 is 0 Å². The molecule has 8 nitrogen and oxygen atoms in total. The standard InChI is InChI=1S/C22H30N6O2/c1-5-18(29)23-16-22(17-9-7-6-8-10-17)11-13-27(14-12-22)19(30)15-28-25-20(24-26-28)21(2,3)4/h5-10H,1,11-16H2,2-4H3,(H,23,29). The summed E-state index contributed by atoms with van der Waals surface area (Å²) in [5.74, 6) is 0.412. The zero-order valence-electron chi connectivity index (χ0n) is 18.0. The summed E-state index contributed by atoms with van der Waals surface area (Å²) in [4.78, 5) is 27.8. The van der Waals surface area contributed by atoms with E-state index in [0.29, 0.717) is 25.5 Å². The molecule has 0 unspecified atom stereocenters. The number of rotatable bonds is 6. The molecule has 2 heterocycles. The minimum absolute atomic E-state index is 0.0235. The lowest BCUT2D eigenvalue weighted by Gasteiger charge is -2.42. The van der Waals surface area contributed by atoms with Crippen LogP contribution in [0.15, 0.2) is 43.0 Å². The zero-order valence-corrected chi connectivity index (χ0v) is 18.0. The summed E-state index contributed by atoms with van der Waals surface area (Å²) in [6.45, 7) is 11.4. The van der Waals surface area contributed by atoms with E-state index in [1.165, 1.54) is 16.4 Å². The van der Waals surface area contributed by atoms with Gasteiger partial charge in [0.15, 0.2) is 5.82 Å². The van der Waals surface area contributed by atoms with Gasteiger partial charge in [-0.05, 0) is 29.7 Å². The van der Waals surface area contributed by atoms with Gasteiger partial charge in [-0.3, -0.25) is 9.59 Å². The molecule has 3 rings (SSSR count). The number of nitrogens with one attached hydrogen (secondary N) is 1. The molecule has 0 aliphatic carbocycles. The third-order valence-corrected chi connectivity index (χ3v) is 5.65. The van der Waals surface area contributed by atoms with Crippen molar-refractivity contribution < 1.29 is 9.59 Å². The second-order valence-electron chi connectivity index (χ2n) is 8.84. The Labute approximate surface area is 177 Å². The number of carbonyl (C=O) groups excluding carboxylic acids is 2. The molecule has 2 aromatic rings. The van der Waals surface area contributed by atoms with Crippen LogP contribution in [0.4, 0.5) is 0 Å². The first-order valence-corrected chi connectivity index (χ1v) is 10.3. The fourth-order valence-corrected chi connectivity index (χ4v) is 3.70. The number of aromatic nitrogens is 4. The number of piperidine rings is 1. The Kier molecular flexibility index (Phi) is 6.34. The largest absolute Gasteiger partial charge is 0.352 e. The summed E-state index contributed by atoms with van der Waals surface area (Å²) < 4.78 is 0. The normalized spacial score (nSPS) is 16.2. The maximum atomic E-state index is 12.8. The van der Waals surface area contributed by atoms with Gasteiger partial charge in [-0.1, -0.05) is 57.7 Å². The zero-order chi connectivity index (χ0) is 21.8. The van der Waals surface area contributed by atoms with Crippen LogP contribution < -0.4 is 5.32 Å². The van der Waals surface area contributed by atoms with Crippen LogP contribution in [-0.4, -0.2) is 56.6 Å².